The molecule has 0 amide bonds. The van der Waals surface area contributed by atoms with Crippen LogP contribution in [0.1, 0.15) is 39.0 Å². The number of rotatable bonds is 9. The van der Waals surface area contributed by atoms with Gasteiger partial charge in [-0.05, 0) is 39.0 Å². The van der Waals surface area contributed by atoms with Crippen LogP contribution in [0.3, 0.4) is 0 Å². The Morgan fingerprint density at radius 3 is 2.71 bits per heavy atom. The van der Waals surface area contributed by atoms with Gasteiger partial charge in [-0.25, -0.2) is 8.78 Å². The highest BCUT2D eigenvalue weighted by molar-refractivity contribution is 5.06. The number of nitrogens with zero attached hydrogens (tertiary/aromatic N) is 1. The molecule has 0 aliphatic heterocycles. The first-order valence-electron chi connectivity index (χ1n) is 6.10. The summed E-state index contributed by atoms with van der Waals surface area (Å²) in [6.07, 6.45) is 2.17. The van der Waals surface area contributed by atoms with Gasteiger partial charge >= 0.3 is 0 Å². The maximum absolute atomic E-state index is 11.8. The minimum Gasteiger partial charge on any atom is -0.376 e. The minimum absolute atomic E-state index is 0.343. The number of hydrogen-bond acceptors (Lipinski definition) is 3. The van der Waals surface area contributed by atoms with Gasteiger partial charge < -0.3 is 4.74 Å². The molecule has 98 valence electrons. The summed E-state index contributed by atoms with van der Waals surface area (Å²) in [4.78, 5) is 0. The zero-order chi connectivity index (χ0) is 12.7. The second kappa shape index (κ2) is 6.87. The van der Waals surface area contributed by atoms with E-state index in [1.54, 1.807) is 0 Å². The molecule has 1 N–H and O–H groups in total. The Hall–Kier alpha value is -0.730. The fourth-order valence-electron chi connectivity index (χ4n) is 1.69. The van der Waals surface area contributed by atoms with Gasteiger partial charge in [0.25, 0.3) is 6.43 Å². The van der Waals surface area contributed by atoms with Gasteiger partial charge in [-0.15, -0.1) is 0 Å². The van der Waals surface area contributed by atoms with Crippen LogP contribution in [0.15, 0.2) is 0 Å². The van der Waals surface area contributed by atoms with E-state index in [9.17, 15) is 8.78 Å². The second-order valence-electron chi connectivity index (χ2n) is 4.79. The summed E-state index contributed by atoms with van der Waals surface area (Å²) in [6, 6.07) is 2.78. The van der Waals surface area contributed by atoms with Crippen LogP contribution in [-0.4, -0.2) is 31.2 Å². The lowest BCUT2D eigenvalue weighted by atomic mass is 9.96. The van der Waals surface area contributed by atoms with Crippen molar-refractivity contribution in [2.45, 2.75) is 57.0 Å². The van der Waals surface area contributed by atoms with Crippen LogP contribution < -0.4 is 5.32 Å². The molecule has 5 heteroatoms. The Balaban J connectivity index is 2.05. The number of ether oxygens (including phenoxy) is 1. The molecule has 0 radical (unpaired) electrons. The lowest BCUT2D eigenvalue weighted by molar-refractivity contribution is 0.0159. The van der Waals surface area contributed by atoms with Gasteiger partial charge in [-0.2, -0.15) is 5.26 Å². The van der Waals surface area contributed by atoms with Gasteiger partial charge in [0, 0.05) is 12.6 Å². The van der Waals surface area contributed by atoms with E-state index in [0.717, 1.165) is 32.1 Å². The number of hydrogen-bond donors (Lipinski definition) is 1. The Morgan fingerprint density at radius 1 is 1.47 bits per heavy atom. The molecule has 0 heterocycles. The molecule has 17 heavy (non-hydrogen) atoms. The van der Waals surface area contributed by atoms with E-state index in [1.807, 2.05) is 6.92 Å². The fraction of sp³-hybridized carbons (Fsp3) is 0.917. The first-order chi connectivity index (χ1) is 8.06. The summed E-state index contributed by atoms with van der Waals surface area (Å²) < 4.78 is 28.3. The van der Waals surface area contributed by atoms with Gasteiger partial charge in [-0.1, -0.05) is 0 Å². The van der Waals surface area contributed by atoms with E-state index in [-0.39, 0.29) is 0 Å². The van der Waals surface area contributed by atoms with E-state index >= 15 is 0 Å². The van der Waals surface area contributed by atoms with E-state index in [1.165, 1.54) is 0 Å². The zero-order valence-corrected chi connectivity index (χ0v) is 10.2. The van der Waals surface area contributed by atoms with Gasteiger partial charge in [-0.3, -0.25) is 5.32 Å². The number of alkyl halides is 2. The molecule has 0 bridgehead atoms. The van der Waals surface area contributed by atoms with Crippen molar-refractivity contribution in [3.8, 4) is 6.07 Å². The van der Waals surface area contributed by atoms with Crippen LogP contribution in [0.25, 0.3) is 0 Å². The molecule has 1 aliphatic carbocycles. The fourth-order valence-corrected chi connectivity index (χ4v) is 1.69. The summed E-state index contributed by atoms with van der Waals surface area (Å²) in [5.74, 6) is 0. The minimum atomic E-state index is -2.39. The summed E-state index contributed by atoms with van der Waals surface area (Å²) >= 11 is 0. The van der Waals surface area contributed by atoms with Crippen LogP contribution >= 0.6 is 0 Å². The quantitative estimate of drug-likeness (QED) is 0.636. The molecule has 3 nitrogen and oxygen atoms in total. The molecule has 0 spiro atoms. The van der Waals surface area contributed by atoms with Gasteiger partial charge in [0.15, 0.2) is 0 Å². The van der Waals surface area contributed by atoms with Gasteiger partial charge in [0.05, 0.1) is 6.07 Å². The van der Waals surface area contributed by atoms with Crippen LogP contribution in [0.4, 0.5) is 8.78 Å². The second-order valence-corrected chi connectivity index (χ2v) is 4.79. The van der Waals surface area contributed by atoms with E-state index in [0.29, 0.717) is 12.6 Å². The van der Waals surface area contributed by atoms with Crippen LogP contribution in [0, 0.1) is 11.3 Å². The third kappa shape index (κ3) is 6.54. The summed E-state index contributed by atoms with van der Waals surface area (Å²) in [7, 11) is 0. The Morgan fingerprint density at radius 2 is 2.18 bits per heavy atom. The SMILES string of the molecule is CC(C#N)(CCCCOCC(F)F)NC1CC1. The Bertz CT molecular complexity index is 264. The molecule has 1 fully saturated rings. The van der Waals surface area contributed by atoms with Crippen molar-refractivity contribution in [1.29, 1.82) is 5.26 Å². The highest BCUT2D eigenvalue weighted by Crippen LogP contribution is 2.24. The van der Waals surface area contributed by atoms with Crippen molar-refractivity contribution in [3.05, 3.63) is 0 Å². The lowest BCUT2D eigenvalue weighted by Crippen LogP contribution is -2.42. The Labute approximate surface area is 101 Å². The molecule has 1 aliphatic rings. The van der Waals surface area contributed by atoms with Crippen molar-refractivity contribution < 1.29 is 13.5 Å². The summed E-state index contributed by atoms with van der Waals surface area (Å²) in [5.41, 5.74) is -0.482. The highest BCUT2D eigenvalue weighted by atomic mass is 19.3. The van der Waals surface area contributed by atoms with Crippen molar-refractivity contribution in [2.24, 2.45) is 0 Å². The molecule has 0 saturated heterocycles. The molecule has 0 aromatic heterocycles. The van der Waals surface area contributed by atoms with Crippen molar-refractivity contribution in [3.63, 3.8) is 0 Å². The maximum atomic E-state index is 11.8. The molecular formula is C12H20F2N2O. The number of unbranched alkanes of at least 4 members (excludes halogenated alkanes) is 1. The van der Waals surface area contributed by atoms with Crippen molar-refractivity contribution in [1.82, 2.24) is 5.32 Å². The molecule has 0 aromatic rings. The van der Waals surface area contributed by atoms with E-state index < -0.39 is 18.6 Å². The third-order valence-electron chi connectivity index (χ3n) is 2.81. The normalized spacial score (nSPS) is 19.0. The standard InChI is InChI=1S/C12H20F2N2O/c1-12(9-15,16-10-4-5-10)6-2-3-7-17-8-11(13)14/h10-11,16H,2-8H2,1H3. The average molecular weight is 246 g/mol. The van der Waals surface area contributed by atoms with E-state index in [4.69, 9.17) is 10.00 Å². The number of nitriles is 1. The number of halogens is 2. The monoisotopic (exact) mass is 246 g/mol. The highest BCUT2D eigenvalue weighted by Gasteiger charge is 2.31. The van der Waals surface area contributed by atoms with Crippen LogP contribution in [0.5, 0.6) is 0 Å². The Kier molecular flexibility index (Phi) is 5.79. The van der Waals surface area contributed by atoms with Crippen LogP contribution in [-0.2, 0) is 4.74 Å². The predicted octanol–water partition coefficient (Wildman–Crippen LogP) is 2.47. The molecule has 1 atom stereocenters. The molecular weight excluding hydrogens is 226 g/mol. The third-order valence-corrected chi connectivity index (χ3v) is 2.81. The smallest absolute Gasteiger partial charge is 0.261 e. The topological polar surface area (TPSA) is 45.0 Å². The van der Waals surface area contributed by atoms with Crippen molar-refractivity contribution >= 4 is 0 Å². The first kappa shape index (κ1) is 14.3. The molecule has 0 aromatic carbocycles. The average Bonchev–Trinajstić information content (AvgIpc) is 3.06. The van der Waals surface area contributed by atoms with Crippen LogP contribution in [0.2, 0.25) is 0 Å². The molecule has 1 saturated carbocycles. The zero-order valence-electron chi connectivity index (χ0n) is 10.2. The summed E-state index contributed by atoms with van der Waals surface area (Å²) in [5, 5.41) is 12.4. The van der Waals surface area contributed by atoms with Gasteiger partial charge in [0.2, 0.25) is 0 Å². The van der Waals surface area contributed by atoms with Crippen molar-refractivity contribution in [2.75, 3.05) is 13.2 Å². The molecule has 1 unspecified atom stereocenters. The maximum Gasteiger partial charge on any atom is 0.261 e. The molecule has 1 rings (SSSR count). The largest absolute Gasteiger partial charge is 0.376 e. The predicted molar refractivity (Wildman–Crippen MR) is 60.8 cm³/mol. The first-order valence-corrected chi connectivity index (χ1v) is 6.10. The summed E-state index contributed by atoms with van der Waals surface area (Å²) in [6.45, 7) is 1.75. The lowest BCUT2D eigenvalue weighted by Gasteiger charge is -2.23. The van der Waals surface area contributed by atoms with Gasteiger partial charge in [0.1, 0.15) is 12.1 Å². The number of nitrogens with one attached hydrogen (secondary N) is 1. The van der Waals surface area contributed by atoms with E-state index in [2.05, 4.69) is 11.4 Å².